The third-order valence-electron chi connectivity index (χ3n) is 4.66. The van der Waals surface area contributed by atoms with Crippen LogP contribution in [0.25, 0.3) is 0 Å². The summed E-state index contributed by atoms with van der Waals surface area (Å²) in [5.74, 6) is 0.723. The van der Waals surface area contributed by atoms with Gasteiger partial charge in [-0.15, -0.1) is 24.0 Å². The van der Waals surface area contributed by atoms with Gasteiger partial charge in [0.1, 0.15) is 0 Å². The van der Waals surface area contributed by atoms with Gasteiger partial charge in [-0.1, -0.05) is 24.3 Å². The van der Waals surface area contributed by atoms with Crippen LogP contribution in [0.4, 0.5) is 0 Å². The minimum atomic E-state index is -0.0126. The van der Waals surface area contributed by atoms with Crippen LogP contribution >= 0.6 is 24.0 Å². The molecule has 2 N–H and O–H groups in total. The molecule has 7 nitrogen and oxygen atoms in total. The summed E-state index contributed by atoms with van der Waals surface area (Å²) >= 11 is 0. The van der Waals surface area contributed by atoms with Crippen LogP contribution < -0.4 is 10.6 Å². The number of hydrogen-bond acceptors (Lipinski definition) is 3. The molecule has 174 valence electrons. The minimum absolute atomic E-state index is 0. The number of guanidine groups is 1. The number of aliphatic imine (C=N–C) groups is 1. The monoisotopic (exact) mass is 551 g/mol. The summed E-state index contributed by atoms with van der Waals surface area (Å²) in [6.45, 7) is 3.99. The van der Waals surface area contributed by atoms with E-state index in [1.807, 2.05) is 55.5 Å². The van der Waals surface area contributed by atoms with Crippen LogP contribution in [-0.2, 0) is 13.0 Å². The zero-order valence-electron chi connectivity index (χ0n) is 19.5. The van der Waals surface area contributed by atoms with E-state index in [-0.39, 0.29) is 35.8 Å². The maximum Gasteiger partial charge on any atom is 0.253 e. The van der Waals surface area contributed by atoms with E-state index < -0.39 is 0 Å². The molecular formula is C24H34IN5O2. The molecule has 0 heterocycles. The summed E-state index contributed by atoms with van der Waals surface area (Å²) in [4.78, 5) is 31.9. The molecule has 0 spiro atoms. The second-order valence-electron chi connectivity index (χ2n) is 7.67. The van der Waals surface area contributed by atoms with Gasteiger partial charge in [0.05, 0.1) is 6.54 Å². The Hall–Kier alpha value is -2.62. The standard InChI is InChI=1S/C24H33N5O2.HI/c1-6-25-24(27-17-19-10-12-20(13-11-19)22(30)28(2)3)26-15-14-18-8-7-9-21(16-18)23(31)29(4)5;/h7-13,16H,6,14-15,17H2,1-5H3,(H2,25,26,27);1H. The van der Waals surface area contributed by atoms with Gasteiger partial charge in [-0.3, -0.25) is 9.59 Å². The molecule has 0 aliphatic carbocycles. The highest BCUT2D eigenvalue weighted by Crippen LogP contribution is 2.09. The molecular weight excluding hydrogens is 517 g/mol. The first-order chi connectivity index (χ1) is 14.8. The van der Waals surface area contributed by atoms with Gasteiger partial charge < -0.3 is 20.4 Å². The smallest absolute Gasteiger partial charge is 0.253 e. The maximum atomic E-state index is 12.1. The van der Waals surface area contributed by atoms with Gasteiger partial charge in [0, 0.05) is 52.4 Å². The first kappa shape index (κ1) is 27.4. The zero-order chi connectivity index (χ0) is 22.8. The Morgan fingerprint density at radius 2 is 1.47 bits per heavy atom. The molecule has 0 saturated heterocycles. The van der Waals surface area contributed by atoms with Crippen molar-refractivity contribution in [3.63, 3.8) is 0 Å². The summed E-state index contributed by atoms with van der Waals surface area (Å²) in [5.41, 5.74) is 3.48. The predicted octanol–water partition coefficient (Wildman–Crippen LogP) is 3.01. The second-order valence-corrected chi connectivity index (χ2v) is 7.67. The van der Waals surface area contributed by atoms with E-state index in [1.54, 1.807) is 38.0 Å². The van der Waals surface area contributed by atoms with Gasteiger partial charge >= 0.3 is 0 Å². The van der Waals surface area contributed by atoms with E-state index in [4.69, 9.17) is 0 Å². The topological polar surface area (TPSA) is 77.0 Å². The van der Waals surface area contributed by atoms with Crippen molar-refractivity contribution in [2.24, 2.45) is 4.99 Å². The molecule has 2 aromatic rings. The third kappa shape index (κ3) is 8.49. The molecule has 2 amide bonds. The van der Waals surface area contributed by atoms with Crippen LogP contribution in [0.5, 0.6) is 0 Å². The number of nitrogens with one attached hydrogen (secondary N) is 2. The summed E-state index contributed by atoms with van der Waals surface area (Å²) in [6.07, 6.45) is 0.778. The van der Waals surface area contributed by atoms with Gasteiger partial charge in [0.15, 0.2) is 5.96 Å². The van der Waals surface area contributed by atoms with Crippen molar-refractivity contribution in [1.29, 1.82) is 0 Å². The predicted molar refractivity (Wildman–Crippen MR) is 141 cm³/mol. The zero-order valence-corrected chi connectivity index (χ0v) is 21.8. The molecule has 8 heteroatoms. The van der Waals surface area contributed by atoms with Gasteiger partial charge in [0.2, 0.25) is 0 Å². The molecule has 0 unspecified atom stereocenters. The Balaban J connectivity index is 0.00000512. The maximum absolute atomic E-state index is 12.1. The largest absolute Gasteiger partial charge is 0.357 e. The Morgan fingerprint density at radius 1 is 0.844 bits per heavy atom. The fourth-order valence-corrected chi connectivity index (χ4v) is 2.97. The number of nitrogens with zero attached hydrogens (tertiary/aromatic N) is 3. The van der Waals surface area contributed by atoms with Gasteiger partial charge in [-0.2, -0.15) is 0 Å². The highest BCUT2D eigenvalue weighted by molar-refractivity contribution is 14.0. The Kier molecular flexibility index (Phi) is 11.8. The van der Waals surface area contributed by atoms with Crippen molar-refractivity contribution in [2.45, 2.75) is 19.9 Å². The van der Waals surface area contributed by atoms with Crippen LogP contribution in [0.2, 0.25) is 0 Å². The molecule has 0 aliphatic rings. The third-order valence-corrected chi connectivity index (χ3v) is 4.66. The number of carbonyl (C=O) groups excluding carboxylic acids is 2. The van der Waals surface area contributed by atoms with Gasteiger partial charge in [-0.25, -0.2) is 4.99 Å². The Labute approximate surface area is 208 Å². The van der Waals surface area contributed by atoms with E-state index in [0.717, 1.165) is 30.1 Å². The van der Waals surface area contributed by atoms with Crippen molar-refractivity contribution in [1.82, 2.24) is 20.4 Å². The molecule has 0 saturated carbocycles. The van der Waals surface area contributed by atoms with Crippen molar-refractivity contribution < 1.29 is 9.59 Å². The fourth-order valence-electron chi connectivity index (χ4n) is 2.97. The highest BCUT2D eigenvalue weighted by atomic mass is 127. The number of amides is 2. The summed E-state index contributed by atoms with van der Waals surface area (Å²) in [5, 5.41) is 6.58. The van der Waals surface area contributed by atoms with Crippen LogP contribution in [0.15, 0.2) is 53.5 Å². The molecule has 0 bridgehead atoms. The lowest BCUT2D eigenvalue weighted by Gasteiger charge is -2.13. The lowest BCUT2D eigenvalue weighted by molar-refractivity contribution is 0.0820. The molecule has 32 heavy (non-hydrogen) atoms. The lowest BCUT2D eigenvalue weighted by atomic mass is 10.1. The molecule has 0 aliphatic heterocycles. The van der Waals surface area contributed by atoms with Crippen molar-refractivity contribution in [3.8, 4) is 0 Å². The van der Waals surface area contributed by atoms with E-state index in [9.17, 15) is 9.59 Å². The van der Waals surface area contributed by atoms with Crippen molar-refractivity contribution in [2.75, 3.05) is 41.3 Å². The van der Waals surface area contributed by atoms with E-state index in [1.165, 1.54) is 0 Å². The molecule has 0 radical (unpaired) electrons. The number of halogens is 1. The lowest BCUT2D eigenvalue weighted by Crippen LogP contribution is -2.38. The quantitative estimate of drug-likeness (QED) is 0.301. The summed E-state index contributed by atoms with van der Waals surface area (Å²) in [7, 11) is 6.99. The average molecular weight is 551 g/mol. The second kappa shape index (κ2) is 13.7. The van der Waals surface area contributed by atoms with Gasteiger partial charge in [-0.05, 0) is 48.7 Å². The fraction of sp³-hybridized carbons (Fsp3) is 0.375. The number of hydrogen-bond donors (Lipinski definition) is 2. The van der Waals surface area contributed by atoms with E-state index in [0.29, 0.717) is 24.2 Å². The number of rotatable bonds is 8. The number of benzene rings is 2. The Bertz CT molecular complexity index is 911. The SMILES string of the molecule is CCNC(=NCc1ccc(C(=O)N(C)C)cc1)NCCc1cccc(C(=O)N(C)C)c1.I. The van der Waals surface area contributed by atoms with Crippen LogP contribution in [0.3, 0.4) is 0 Å². The van der Waals surface area contributed by atoms with Crippen molar-refractivity contribution in [3.05, 3.63) is 70.8 Å². The van der Waals surface area contributed by atoms with E-state index in [2.05, 4.69) is 15.6 Å². The highest BCUT2D eigenvalue weighted by Gasteiger charge is 2.09. The van der Waals surface area contributed by atoms with Crippen LogP contribution in [0.1, 0.15) is 38.8 Å². The van der Waals surface area contributed by atoms with Crippen molar-refractivity contribution >= 4 is 41.8 Å². The molecule has 2 rings (SSSR count). The summed E-state index contributed by atoms with van der Waals surface area (Å²) < 4.78 is 0. The van der Waals surface area contributed by atoms with Crippen LogP contribution in [0, 0.1) is 0 Å². The van der Waals surface area contributed by atoms with Crippen LogP contribution in [-0.4, -0.2) is 68.9 Å². The summed E-state index contributed by atoms with van der Waals surface area (Å²) in [6, 6.07) is 15.2. The molecule has 0 aromatic heterocycles. The Morgan fingerprint density at radius 3 is 2.06 bits per heavy atom. The average Bonchev–Trinajstić information content (AvgIpc) is 2.76. The molecule has 0 atom stereocenters. The van der Waals surface area contributed by atoms with Gasteiger partial charge in [0.25, 0.3) is 11.8 Å². The minimum Gasteiger partial charge on any atom is -0.357 e. The number of carbonyl (C=O) groups is 2. The first-order valence-electron chi connectivity index (χ1n) is 10.4. The van der Waals surface area contributed by atoms with E-state index >= 15 is 0 Å². The molecule has 2 aromatic carbocycles. The molecule has 0 fully saturated rings. The normalized spacial score (nSPS) is 10.7. The first-order valence-corrected chi connectivity index (χ1v) is 10.4.